The number of rotatable bonds is 5. The molecule has 0 atom stereocenters. The van der Waals surface area contributed by atoms with Crippen LogP contribution in [0.15, 0.2) is 188 Å². The molecule has 14 rings (SSSR count). The Hall–Kier alpha value is -7.40. The zero-order valence-corrected chi connectivity index (χ0v) is 43.2. The lowest BCUT2D eigenvalue weighted by Gasteiger charge is -2.43. The summed E-state index contributed by atoms with van der Waals surface area (Å²) in [4.78, 5) is 5.19. The quantitative estimate of drug-likeness (QED) is 0.159. The zero-order chi connectivity index (χ0) is 48.9. The van der Waals surface area contributed by atoms with Crippen molar-refractivity contribution in [3.63, 3.8) is 0 Å². The molecule has 0 bridgehead atoms. The highest BCUT2D eigenvalue weighted by atomic mass is 32.1. The molecule has 0 radical (unpaired) electrons. The average Bonchev–Trinajstić information content (AvgIpc) is 4.01. The molecule has 0 fully saturated rings. The first-order chi connectivity index (χ1) is 34.9. The molecule has 72 heavy (non-hydrogen) atoms. The van der Waals surface area contributed by atoms with Crippen LogP contribution in [-0.4, -0.2) is 6.71 Å². The normalized spacial score (nSPS) is 14.4. The monoisotopic (exact) mass is 944 g/mol. The second-order valence-corrected chi connectivity index (χ2v) is 23.5. The molecular formula is C68H57BN2S. The van der Waals surface area contributed by atoms with E-state index in [1.165, 1.54) is 138 Å². The maximum Gasteiger partial charge on any atom is 0.264 e. The highest BCUT2D eigenvalue weighted by Crippen LogP contribution is 2.64. The molecule has 3 heterocycles. The number of benzene rings is 9. The van der Waals surface area contributed by atoms with E-state index in [-0.39, 0.29) is 12.1 Å². The molecule has 9 aromatic carbocycles. The summed E-state index contributed by atoms with van der Waals surface area (Å²) in [5.41, 5.74) is 28.6. The fourth-order valence-electron chi connectivity index (χ4n) is 13.4. The van der Waals surface area contributed by atoms with Crippen LogP contribution in [0.25, 0.3) is 43.5 Å². The molecule has 2 aliphatic carbocycles. The van der Waals surface area contributed by atoms with Crippen LogP contribution in [0.3, 0.4) is 0 Å². The Kier molecular flexibility index (Phi) is 9.37. The molecule has 1 spiro atoms. The fraction of sp³-hybridized carbons (Fsp3) is 0.176. The van der Waals surface area contributed by atoms with Crippen LogP contribution in [0.4, 0.5) is 34.1 Å². The predicted molar refractivity (Wildman–Crippen MR) is 309 cm³/mol. The van der Waals surface area contributed by atoms with Gasteiger partial charge in [0, 0.05) is 43.3 Å². The molecule has 0 unspecified atom stereocenters. The maximum atomic E-state index is 2.63. The highest BCUT2D eigenvalue weighted by molar-refractivity contribution is 7.33. The van der Waals surface area contributed by atoms with Gasteiger partial charge in [0.2, 0.25) is 0 Å². The van der Waals surface area contributed by atoms with Crippen molar-refractivity contribution in [3.8, 4) is 33.4 Å². The summed E-state index contributed by atoms with van der Waals surface area (Å²) in [6, 6.07) is 72.7. The lowest BCUT2D eigenvalue weighted by atomic mass is 9.36. The van der Waals surface area contributed by atoms with Crippen LogP contribution >= 0.6 is 11.3 Å². The van der Waals surface area contributed by atoms with Gasteiger partial charge in [-0.25, -0.2) is 0 Å². The third kappa shape index (κ3) is 5.90. The Morgan fingerprint density at radius 1 is 0.500 bits per heavy atom. The summed E-state index contributed by atoms with van der Waals surface area (Å²) >= 11 is 2.01. The van der Waals surface area contributed by atoms with Crippen molar-refractivity contribution in [2.75, 3.05) is 9.80 Å². The molecule has 0 saturated carbocycles. The average molecular weight is 945 g/mol. The van der Waals surface area contributed by atoms with Crippen LogP contribution in [0, 0.1) is 6.92 Å². The molecule has 348 valence electrons. The summed E-state index contributed by atoms with van der Waals surface area (Å²) in [6.07, 6.45) is 0. The summed E-state index contributed by atoms with van der Waals surface area (Å²) in [7, 11) is 0. The lowest BCUT2D eigenvalue weighted by molar-refractivity contribution is 0.588. The van der Waals surface area contributed by atoms with Crippen molar-refractivity contribution in [2.45, 2.75) is 78.1 Å². The Balaban J connectivity index is 1.09. The molecule has 1 aromatic heterocycles. The minimum Gasteiger partial charge on any atom is -0.311 e. The second kappa shape index (κ2) is 15.6. The first-order valence-electron chi connectivity index (χ1n) is 26.0. The zero-order valence-electron chi connectivity index (χ0n) is 42.4. The van der Waals surface area contributed by atoms with Crippen LogP contribution in [0.2, 0.25) is 0 Å². The summed E-state index contributed by atoms with van der Waals surface area (Å²) in [5.74, 6) is 0.766. The molecule has 0 N–H and O–H groups in total. The Morgan fingerprint density at radius 3 is 1.69 bits per heavy atom. The number of nitrogens with zero attached hydrogens (tertiary/aromatic N) is 2. The van der Waals surface area contributed by atoms with Crippen molar-refractivity contribution in [2.24, 2.45) is 0 Å². The van der Waals surface area contributed by atoms with Crippen molar-refractivity contribution in [1.82, 2.24) is 0 Å². The van der Waals surface area contributed by atoms with Crippen molar-refractivity contribution < 1.29 is 0 Å². The van der Waals surface area contributed by atoms with E-state index >= 15 is 0 Å². The summed E-state index contributed by atoms with van der Waals surface area (Å²) in [6.45, 7) is 18.7. The van der Waals surface area contributed by atoms with E-state index in [2.05, 4.69) is 253 Å². The number of thiophene rings is 1. The molecular weight excluding hydrogens is 888 g/mol. The van der Waals surface area contributed by atoms with E-state index < -0.39 is 5.41 Å². The van der Waals surface area contributed by atoms with Gasteiger partial charge in [0.15, 0.2) is 0 Å². The molecule has 2 aliphatic heterocycles. The van der Waals surface area contributed by atoms with E-state index in [0.717, 1.165) is 0 Å². The smallest absolute Gasteiger partial charge is 0.264 e. The highest BCUT2D eigenvalue weighted by Gasteiger charge is 2.53. The van der Waals surface area contributed by atoms with Gasteiger partial charge in [-0.15, -0.1) is 11.3 Å². The van der Waals surface area contributed by atoms with Crippen LogP contribution < -0.4 is 25.5 Å². The van der Waals surface area contributed by atoms with Crippen molar-refractivity contribution >= 4 is 78.0 Å². The van der Waals surface area contributed by atoms with E-state index in [0.29, 0.717) is 11.8 Å². The second-order valence-electron chi connectivity index (χ2n) is 22.4. The van der Waals surface area contributed by atoms with E-state index in [1.807, 2.05) is 11.3 Å². The van der Waals surface area contributed by atoms with Gasteiger partial charge in [-0.2, -0.15) is 0 Å². The molecule has 4 heteroatoms. The number of hydrogen-bond donors (Lipinski definition) is 0. The Morgan fingerprint density at radius 2 is 1.07 bits per heavy atom. The Bertz CT molecular complexity index is 3820. The van der Waals surface area contributed by atoms with Gasteiger partial charge in [-0.3, -0.25) is 0 Å². The third-order valence-corrected chi connectivity index (χ3v) is 17.8. The van der Waals surface area contributed by atoms with Gasteiger partial charge in [0.1, 0.15) is 0 Å². The number of anilines is 6. The minimum absolute atomic E-state index is 0.00949. The molecule has 0 saturated heterocycles. The third-order valence-electron chi connectivity index (χ3n) is 16.6. The van der Waals surface area contributed by atoms with Gasteiger partial charge < -0.3 is 9.80 Å². The summed E-state index contributed by atoms with van der Waals surface area (Å²) in [5, 5.41) is 1.31. The standard InChI is InChI=1S/C68H57BN2S/c1-40(2)47-26-19-27-48(41(3)4)63(47)43-30-33-58-59(36-43)70(45-20-11-9-12-21-45)60-34-42(5)35-61-64(60)69(58)66-65(71(61)46-22-13-10-14-23-46)53-38-52-51-32-31-44(67(6,7)8)37-56(51)68(57(52)39-62(53)72-66)54-28-17-15-24-49(54)50-25-16-18-29-55(50)68/h9-41H,1-8H3. The van der Waals surface area contributed by atoms with Gasteiger partial charge in [-0.05, 0) is 168 Å². The molecule has 2 nitrogen and oxygen atoms in total. The SMILES string of the molecule is Cc1cc2c3c(c1)N(c1ccccc1)c1c(sc4cc5c(cc14)-c1ccc(C(C)(C)C)cc1C51c4ccccc4-c4ccccc41)B3c1ccc(-c3c(C(C)C)cccc3C(C)C)cc1N2c1ccccc1. The van der Waals surface area contributed by atoms with Gasteiger partial charge in [-0.1, -0.05) is 182 Å². The lowest BCUT2D eigenvalue weighted by Crippen LogP contribution is -2.60. The van der Waals surface area contributed by atoms with E-state index in [9.17, 15) is 0 Å². The van der Waals surface area contributed by atoms with Crippen molar-refractivity contribution in [3.05, 3.63) is 233 Å². The minimum atomic E-state index is -0.449. The van der Waals surface area contributed by atoms with E-state index in [1.54, 1.807) is 0 Å². The van der Waals surface area contributed by atoms with Gasteiger partial charge >= 0.3 is 0 Å². The van der Waals surface area contributed by atoms with Crippen LogP contribution in [0.1, 0.15) is 105 Å². The van der Waals surface area contributed by atoms with Gasteiger partial charge in [0.25, 0.3) is 6.71 Å². The van der Waals surface area contributed by atoms with Crippen molar-refractivity contribution in [1.29, 1.82) is 0 Å². The van der Waals surface area contributed by atoms with Gasteiger partial charge in [0.05, 0.1) is 11.1 Å². The predicted octanol–water partition coefficient (Wildman–Crippen LogP) is 16.8. The molecule has 0 amide bonds. The van der Waals surface area contributed by atoms with Crippen LogP contribution in [0.5, 0.6) is 0 Å². The number of aryl methyl sites for hydroxylation is 1. The molecule has 4 aliphatic rings. The topological polar surface area (TPSA) is 6.48 Å². The number of fused-ring (bicyclic) bond motifs is 16. The maximum absolute atomic E-state index is 2.63. The first-order valence-corrected chi connectivity index (χ1v) is 26.8. The fourth-order valence-corrected chi connectivity index (χ4v) is 14.8. The largest absolute Gasteiger partial charge is 0.311 e. The number of hydrogen-bond acceptors (Lipinski definition) is 3. The van der Waals surface area contributed by atoms with Crippen LogP contribution in [-0.2, 0) is 10.8 Å². The summed E-state index contributed by atoms with van der Waals surface area (Å²) < 4.78 is 2.72. The number of para-hydroxylation sites is 2. The van der Waals surface area contributed by atoms with E-state index in [4.69, 9.17) is 0 Å². The molecule has 10 aromatic rings. The Labute approximate surface area is 429 Å². The first kappa shape index (κ1) is 43.4.